The largest absolute Gasteiger partial charge is 0.467 e. The number of esters is 1. The Balaban J connectivity index is 2.02. The second-order valence-electron chi connectivity index (χ2n) is 5.41. The molecule has 0 amide bonds. The molecule has 138 valence electrons. The SMILES string of the molecule is CCOC(=O)c1ccc(-n2cc(C#N)c(-c3ccsc3)n2)cc1OCOC. The molecule has 2 aromatic heterocycles. The summed E-state index contributed by atoms with van der Waals surface area (Å²) in [5, 5.41) is 17.8. The number of benzene rings is 1. The standard InChI is InChI=1S/C19H17N3O4S/c1-3-25-19(23)16-5-4-15(8-17(16)26-12-24-2)22-10-14(9-20)18(21-22)13-6-7-27-11-13/h4-8,10-11H,3,12H2,1-2H3. The van der Waals surface area contributed by atoms with Crippen molar-refractivity contribution in [2.45, 2.75) is 6.92 Å². The van der Waals surface area contributed by atoms with Crippen LogP contribution in [0.25, 0.3) is 16.9 Å². The molecule has 0 aliphatic carbocycles. The minimum Gasteiger partial charge on any atom is -0.467 e. The number of ether oxygens (including phenoxy) is 3. The third kappa shape index (κ3) is 4.00. The van der Waals surface area contributed by atoms with E-state index in [4.69, 9.17) is 14.2 Å². The van der Waals surface area contributed by atoms with Crippen LogP contribution in [-0.4, -0.2) is 36.3 Å². The second-order valence-corrected chi connectivity index (χ2v) is 6.19. The molecule has 0 atom stereocenters. The third-order valence-corrected chi connectivity index (χ3v) is 4.37. The quantitative estimate of drug-likeness (QED) is 0.457. The first-order valence-electron chi connectivity index (χ1n) is 8.13. The lowest BCUT2D eigenvalue weighted by molar-refractivity contribution is 0.0438. The lowest BCUT2D eigenvalue weighted by Gasteiger charge is -2.12. The smallest absolute Gasteiger partial charge is 0.341 e. The highest BCUT2D eigenvalue weighted by atomic mass is 32.1. The van der Waals surface area contributed by atoms with Crippen molar-refractivity contribution in [2.75, 3.05) is 20.5 Å². The van der Waals surface area contributed by atoms with Gasteiger partial charge in [0, 0.05) is 30.3 Å². The molecule has 8 heteroatoms. The number of rotatable bonds is 7. The normalized spacial score (nSPS) is 10.4. The molecule has 1 aromatic carbocycles. The van der Waals surface area contributed by atoms with Crippen LogP contribution in [0.5, 0.6) is 5.75 Å². The van der Waals surface area contributed by atoms with E-state index in [0.29, 0.717) is 28.3 Å². The number of carbonyl (C=O) groups excluding carboxylic acids is 1. The van der Waals surface area contributed by atoms with Crippen LogP contribution in [0.3, 0.4) is 0 Å². The van der Waals surface area contributed by atoms with Crippen molar-refractivity contribution in [3.63, 3.8) is 0 Å². The highest BCUT2D eigenvalue weighted by Gasteiger charge is 2.17. The minimum atomic E-state index is -0.479. The predicted molar refractivity (Wildman–Crippen MR) is 100 cm³/mol. The number of thiophene rings is 1. The average molecular weight is 383 g/mol. The van der Waals surface area contributed by atoms with Crippen molar-refractivity contribution in [1.82, 2.24) is 9.78 Å². The van der Waals surface area contributed by atoms with Gasteiger partial charge in [-0.05, 0) is 30.5 Å². The fourth-order valence-electron chi connectivity index (χ4n) is 2.47. The highest BCUT2D eigenvalue weighted by molar-refractivity contribution is 7.08. The summed E-state index contributed by atoms with van der Waals surface area (Å²) >= 11 is 1.54. The van der Waals surface area contributed by atoms with Crippen LogP contribution in [0.4, 0.5) is 0 Å². The van der Waals surface area contributed by atoms with Crippen LogP contribution in [0.1, 0.15) is 22.8 Å². The summed E-state index contributed by atoms with van der Waals surface area (Å²) in [7, 11) is 1.49. The molecule has 27 heavy (non-hydrogen) atoms. The molecule has 0 N–H and O–H groups in total. The lowest BCUT2D eigenvalue weighted by Crippen LogP contribution is -2.10. The molecule has 0 saturated heterocycles. The Morgan fingerprint density at radius 2 is 2.22 bits per heavy atom. The number of hydrogen-bond donors (Lipinski definition) is 0. The van der Waals surface area contributed by atoms with Gasteiger partial charge in [0.05, 0.1) is 17.9 Å². The molecular weight excluding hydrogens is 366 g/mol. The molecule has 0 saturated carbocycles. The summed E-state index contributed by atoms with van der Waals surface area (Å²) in [4.78, 5) is 12.1. The number of nitriles is 1. The molecule has 0 radical (unpaired) electrons. The van der Waals surface area contributed by atoms with Crippen LogP contribution in [0.15, 0.2) is 41.2 Å². The Morgan fingerprint density at radius 3 is 2.89 bits per heavy atom. The third-order valence-electron chi connectivity index (χ3n) is 3.69. The predicted octanol–water partition coefficient (Wildman–Crippen LogP) is 3.63. The zero-order chi connectivity index (χ0) is 19.2. The Kier molecular flexibility index (Phi) is 5.86. The molecule has 2 heterocycles. The number of nitrogens with zero attached hydrogens (tertiary/aromatic N) is 3. The van der Waals surface area contributed by atoms with E-state index in [1.54, 1.807) is 36.0 Å². The van der Waals surface area contributed by atoms with Gasteiger partial charge in [-0.2, -0.15) is 21.7 Å². The fourth-order valence-corrected chi connectivity index (χ4v) is 3.11. The Hall–Kier alpha value is -3.15. The van der Waals surface area contributed by atoms with Gasteiger partial charge in [-0.3, -0.25) is 0 Å². The molecule has 0 bridgehead atoms. The molecule has 0 spiro atoms. The maximum atomic E-state index is 12.1. The first-order chi connectivity index (χ1) is 13.2. The van der Waals surface area contributed by atoms with E-state index in [1.807, 2.05) is 16.8 Å². The minimum absolute atomic E-state index is 0.0153. The first kappa shape index (κ1) is 18.6. The Labute approximate surface area is 160 Å². The zero-order valence-electron chi connectivity index (χ0n) is 14.8. The summed E-state index contributed by atoms with van der Waals surface area (Å²) in [5.41, 5.74) is 2.89. The van der Waals surface area contributed by atoms with Crippen molar-refractivity contribution in [3.8, 4) is 28.8 Å². The van der Waals surface area contributed by atoms with E-state index in [9.17, 15) is 10.1 Å². The fraction of sp³-hybridized carbons (Fsp3) is 0.211. The zero-order valence-corrected chi connectivity index (χ0v) is 15.7. The average Bonchev–Trinajstić information content (AvgIpc) is 3.35. The van der Waals surface area contributed by atoms with Gasteiger partial charge < -0.3 is 14.2 Å². The number of aromatic nitrogens is 2. The molecule has 3 rings (SSSR count). The highest BCUT2D eigenvalue weighted by Crippen LogP contribution is 2.28. The van der Waals surface area contributed by atoms with E-state index in [-0.39, 0.29) is 13.4 Å². The Morgan fingerprint density at radius 1 is 1.37 bits per heavy atom. The second kappa shape index (κ2) is 8.49. The van der Waals surface area contributed by atoms with Crippen LogP contribution in [0.2, 0.25) is 0 Å². The summed E-state index contributed by atoms with van der Waals surface area (Å²) in [6, 6.07) is 9.07. The maximum absolute atomic E-state index is 12.1. The van der Waals surface area contributed by atoms with Crippen molar-refractivity contribution in [2.24, 2.45) is 0 Å². The van der Waals surface area contributed by atoms with Crippen molar-refractivity contribution < 1.29 is 19.0 Å². The molecule has 0 aliphatic heterocycles. The molecule has 0 aliphatic rings. The monoisotopic (exact) mass is 383 g/mol. The van der Waals surface area contributed by atoms with Crippen molar-refractivity contribution >= 4 is 17.3 Å². The first-order valence-corrected chi connectivity index (χ1v) is 9.07. The summed E-state index contributed by atoms with van der Waals surface area (Å²) in [6.07, 6.45) is 1.65. The van der Waals surface area contributed by atoms with E-state index in [1.165, 1.54) is 18.4 Å². The number of hydrogen-bond acceptors (Lipinski definition) is 7. The van der Waals surface area contributed by atoms with Crippen LogP contribution in [-0.2, 0) is 9.47 Å². The molecule has 3 aromatic rings. The van der Waals surface area contributed by atoms with E-state index >= 15 is 0 Å². The van der Waals surface area contributed by atoms with Crippen molar-refractivity contribution in [1.29, 1.82) is 5.26 Å². The van der Waals surface area contributed by atoms with Gasteiger partial charge >= 0.3 is 5.97 Å². The van der Waals surface area contributed by atoms with E-state index < -0.39 is 5.97 Å². The molecule has 0 unspecified atom stereocenters. The topological polar surface area (TPSA) is 86.4 Å². The van der Waals surface area contributed by atoms with Gasteiger partial charge in [0.2, 0.25) is 0 Å². The number of carbonyl (C=O) groups is 1. The van der Waals surface area contributed by atoms with Crippen LogP contribution in [0, 0.1) is 11.3 Å². The molecule has 7 nitrogen and oxygen atoms in total. The summed E-state index contributed by atoms with van der Waals surface area (Å²) in [5.74, 6) is -0.161. The number of methoxy groups -OCH3 is 1. The Bertz CT molecular complexity index is 974. The van der Waals surface area contributed by atoms with Crippen LogP contribution >= 0.6 is 11.3 Å². The van der Waals surface area contributed by atoms with Gasteiger partial charge in [-0.25, -0.2) is 9.48 Å². The summed E-state index contributed by atoms with van der Waals surface area (Å²) in [6.45, 7) is 1.98. The molecule has 0 fully saturated rings. The lowest BCUT2D eigenvalue weighted by atomic mass is 10.1. The van der Waals surface area contributed by atoms with Gasteiger partial charge in [-0.15, -0.1) is 0 Å². The summed E-state index contributed by atoms with van der Waals surface area (Å²) < 4.78 is 17.1. The van der Waals surface area contributed by atoms with E-state index in [0.717, 1.165) is 5.56 Å². The maximum Gasteiger partial charge on any atom is 0.341 e. The molecular formula is C19H17N3O4S. The van der Waals surface area contributed by atoms with Crippen LogP contribution < -0.4 is 4.74 Å². The van der Waals surface area contributed by atoms with Gasteiger partial charge in [0.25, 0.3) is 0 Å². The van der Waals surface area contributed by atoms with Gasteiger partial charge in [0.1, 0.15) is 23.1 Å². The van der Waals surface area contributed by atoms with Crippen molar-refractivity contribution in [3.05, 3.63) is 52.3 Å². The van der Waals surface area contributed by atoms with Gasteiger partial charge in [0.15, 0.2) is 6.79 Å². The van der Waals surface area contributed by atoms with Gasteiger partial charge in [-0.1, -0.05) is 0 Å². The van der Waals surface area contributed by atoms with E-state index in [2.05, 4.69) is 11.2 Å².